The van der Waals surface area contributed by atoms with Crippen molar-refractivity contribution in [3.05, 3.63) is 47.8 Å². The maximum absolute atomic E-state index is 11.8. The number of aromatic nitrogens is 3. The van der Waals surface area contributed by atoms with Crippen LogP contribution in [-0.4, -0.2) is 78.0 Å². The van der Waals surface area contributed by atoms with Gasteiger partial charge >= 0.3 is 0 Å². The Kier molecular flexibility index (Phi) is 6.19. The van der Waals surface area contributed by atoms with E-state index in [0.29, 0.717) is 19.8 Å². The van der Waals surface area contributed by atoms with Gasteiger partial charge in [0.15, 0.2) is 0 Å². The summed E-state index contributed by atoms with van der Waals surface area (Å²) in [6.45, 7) is 2.47. The van der Waals surface area contributed by atoms with Crippen LogP contribution in [0.2, 0.25) is 0 Å². The first-order valence-corrected chi connectivity index (χ1v) is 9.78. The van der Waals surface area contributed by atoms with Crippen LogP contribution in [0, 0.1) is 0 Å². The number of amides is 1. The summed E-state index contributed by atoms with van der Waals surface area (Å²) < 4.78 is 18.5. The lowest BCUT2D eigenvalue weighted by atomic mass is 10.1. The Bertz CT molecular complexity index is 814. The topological polar surface area (TPSA) is 90.7 Å². The molecule has 0 saturated carbocycles. The Balaban J connectivity index is 1.33. The van der Waals surface area contributed by atoms with Gasteiger partial charge in [-0.2, -0.15) is 0 Å². The van der Waals surface area contributed by atoms with Crippen LogP contribution in [0.3, 0.4) is 0 Å². The van der Waals surface area contributed by atoms with Crippen LogP contribution >= 0.6 is 0 Å². The zero-order valence-corrected chi connectivity index (χ0v) is 16.7. The van der Waals surface area contributed by atoms with Crippen molar-refractivity contribution in [2.45, 2.75) is 37.4 Å². The van der Waals surface area contributed by atoms with E-state index in [9.17, 15) is 4.79 Å². The van der Waals surface area contributed by atoms with E-state index in [1.165, 1.54) is 12.7 Å². The molecule has 3 heterocycles. The van der Waals surface area contributed by atoms with E-state index in [2.05, 4.69) is 39.7 Å². The fourth-order valence-corrected chi connectivity index (χ4v) is 3.98. The van der Waals surface area contributed by atoms with Gasteiger partial charge in [-0.15, -0.1) is 5.10 Å². The molecule has 9 nitrogen and oxygen atoms in total. The van der Waals surface area contributed by atoms with E-state index in [-0.39, 0.29) is 36.8 Å². The Hall–Kier alpha value is -2.33. The quantitative estimate of drug-likeness (QED) is 0.684. The number of rotatable bonds is 8. The Labute approximate surface area is 169 Å². The molecule has 0 radical (unpaired) electrons. The molecule has 156 valence electrons. The highest BCUT2D eigenvalue weighted by Crippen LogP contribution is 2.33. The molecule has 0 bridgehead atoms. The lowest BCUT2D eigenvalue weighted by Gasteiger charge is -2.17. The summed E-state index contributed by atoms with van der Waals surface area (Å²) >= 11 is 0. The lowest BCUT2D eigenvalue weighted by Crippen LogP contribution is -2.45. The summed E-state index contributed by atoms with van der Waals surface area (Å²) in [7, 11) is 3.56. The molecule has 1 aromatic carbocycles. The smallest absolute Gasteiger partial charge is 0.246 e. The van der Waals surface area contributed by atoms with E-state index in [1.54, 1.807) is 0 Å². The van der Waals surface area contributed by atoms with Crippen molar-refractivity contribution in [1.82, 2.24) is 25.2 Å². The largest absolute Gasteiger partial charge is 0.375 e. The fourth-order valence-electron chi connectivity index (χ4n) is 3.98. The van der Waals surface area contributed by atoms with Crippen molar-refractivity contribution in [1.29, 1.82) is 0 Å². The second-order valence-electron chi connectivity index (χ2n) is 7.62. The SMILES string of the molecule is COCC(=O)N[C@H]1CO[C@H]2[C@H]1OC[C@H]2n1cc(CN(C)Cc2ccccc2)nn1. The van der Waals surface area contributed by atoms with E-state index in [0.717, 1.165) is 12.2 Å². The molecule has 1 N–H and O–H groups in total. The third-order valence-corrected chi connectivity index (χ3v) is 5.27. The molecule has 1 aromatic heterocycles. The molecule has 2 aliphatic heterocycles. The number of benzene rings is 1. The number of nitrogens with one attached hydrogen (secondary N) is 1. The molecule has 1 amide bonds. The monoisotopic (exact) mass is 401 g/mol. The molecule has 2 aliphatic rings. The van der Waals surface area contributed by atoms with Crippen molar-refractivity contribution in [3.63, 3.8) is 0 Å². The molecule has 2 saturated heterocycles. The minimum Gasteiger partial charge on any atom is -0.375 e. The molecule has 0 unspecified atom stereocenters. The minimum atomic E-state index is -0.186. The molecule has 2 fully saturated rings. The molecule has 9 heteroatoms. The molecule has 29 heavy (non-hydrogen) atoms. The highest BCUT2D eigenvalue weighted by Gasteiger charge is 2.49. The number of methoxy groups -OCH3 is 1. The van der Waals surface area contributed by atoms with Crippen molar-refractivity contribution in [2.24, 2.45) is 0 Å². The van der Waals surface area contributed by atoms with Crippen LogP contribution in [0.1, 0.15) is 17.3 Å². The van der Waals surface area contributed by atoms with Gasteiger partial charge in [0.2, 0.25) is 5.91 Å². The van der Waals surface area contributed by atoms with Gasteiger partial charge in [0.1, 0.15) is 24.9 Å². The zero-order chi connectivity index (χ0) is 20.2. The lowest BCUT2D eigenvalue weighted by molar-refractivity contribution is -0.126. The Morgan fingerprint density at radius 3 is 2.83 bits per heavy atom. The van der Waals surface area contributed by atoms with Gasteiger partial charge in [0.05, 0.1) is 31.1 Å². The van der Waals surface area contributed by atoms with E-state index in [4.69, 9.17) is 14.2 Å². The van der Waals surface area contributed by atoms with Gasteiger partial charge in [0, 0.05) is 20.2 Å². The summed E-state index contributed by atoms with van der Waals surface area (Å²) in [6, 6.07) is 10.1. The molecule has 4 atom stereocenters. The second-order valence-corrected chi connectivity index (χ2v) is 7.62. The number of hydrogen-bond donors (Lipinski definition) is 1. The predicted molar refractivity (Wildman–Crippen MR) is 104 cm³/mol. The molecule has 0 spiro atoms. The Morgan fingerprint density at radius 1 is 1.24 bits per heavy atom. The Morgan fingerprint density at radius 2 is 2.03 bits per heavy atom. The number of carbonyl (C=O) groups excluding carboxylic acids is 1. The molecule has 0 aliphatic carbocycles. The van der Waals surface area contributed by atoms with Crippen molar-refractivity contribution < 1.29 is 19.0 Å². The molecule has 2 aromatic rings. The highest BCUT2D eigenvalue weighted by atomic mass is 16.6. The number of nitrogens with zero attached hydrogens (tertiary/aromatic N) is 4. The van der Waals surface area contributed by atoms with E-state index >= 15 is 0 Å². The second kappa shape index (κ2) is 9.00. The van der Waals surface area contributed by atoms with E-state index < -0.39 is 0 Å². The van der Waals surface area contributed by atoms with Gasteiger partial charge < -0.3 is 19.5 Å². The molecular formula is C20H27N5O4. The van der Waals surface area contributed by atoms with Crippen LogP contribution in [0.25, 0.3) is 0 Å². The van der Waals surface area contributed by atoms with Gasteiger partial charge in [-0.3, -0.25) is 9.69 Å². The summed E-state index contributed by atoms with van der Waals surface area (Å²) in [5.41, 5.74) is 2.16. The summed E-state index contributed by atoms with van der Waals surface area (Å²) in [4.78, 5) is 14.0. The number of fused-ring (bicyclic) bond motifs is 1. The number of hydrogen-bond acceptors (Lipinski definition) is 7. The number of ether oxygens (including phenoxy) is 3. The third kappa shape index (κ3) is 4.64. The normalized spacial score (nSPS) is 26.0. The summed E-state index contributed by atoms with van der Waals surface area (Å²) in [5.74, 6) is -0.168. The van der Waals surface area contributed by atoms with Crippen LogP contribution in [-0.2, 0) is 32.1 Å². The highest BCUT2D eigenvalue weighted by molar-refractivity contribution is 5.77. The first kappa shape index (κ1) is 20.0. The zero-order valence-electron chi connectivity index (χ0n) is 16.7. The van der Waals surface area contributed by atoms with Crippen molar-refractivity contribution in [2.75, 3.05) is 34.0 Å². The average molecular weight is 401 g/mol. The van der Waals surface area contributed by atoms with Gasteiger partial charge in [0.25, 0.3) is 0 Å². The fraction of sp³-hybridized carbons (Fsp3) is 0.550. The van der Waals surface area contributed by atoms with Crippen LogP contribution in [0.5, 0.6) is 0 Å². The van der Waals surface area contributed by atoms with Crippen LogP contribution in [0.15, 0.2) is 36.5 Å². The van der Waals surface area contributed by atoms with Gasteiger partial charge in [-0.1, -0.05) is 35.5 Å². The van der Waals surface area contributed by atoms with Crippen LogP contribution < -0.4 is 5.32 Å². The maximum Gasteiger partial charge on any atom is 0.246 e. The first-order chi connectivity index (χ1) is 14.1. The predicted octanol–water partition coefficient (Wildman–Crippen LogP) is 0.380. The van der Waals surface area contributed by atoms with Crippen LogP contribution in [0.4, 0.5) is 0 Å². The van der Waals surface area contributed by atoms with E-state index in [1.807, 2.05) is 29.1 Å². The third-order valence-electron chi connectivity index (χ3n) is 5.27. The standard InChI is InChI=1S/C20H27N5O4/c1-24(8-14-6-4-3-5-7-14)9-15-10-25(23-22-15)17-12-29-19-16(11-28-20(17)19)21-18(26)13-27-2/h3-7,10,16-17,19-20H,8-9,11-13H2,1-2H3,(H,21,26)/t16-,17+,19-,20+/m0/s1. The van der Waals surface area contributed by atoms with Gasteiger partial charge in [-0.05, 0) is 12.6 Å². The summed E-state index contributed by atoms with van der Waals surface area (Å²) in [6.07, 6.45) is 1.62. The van der Waals surface area contributed by atoms with Gasteiger partial charge in [-0.25, -0.2) is 4.68 Å². The minimum absolute atomic E-state index is 0.0280. The maximum atomic E-state index is 11.8. The van der Waals surface area contributed by atoms with Crippen molar-refractivity contribution in [3.8, 4) is 0 Å². The summed E-state index contributed by atoms with van der Waals surface area (Å²) in [5, 5.41) is 11.5. The van der Waals surface area contributed by atoms with Crippen molar-refractivity contribution >= 4 is 5.91 Å². The molecular weight excluding hydrogens is 374 g/mol. The average Bonchev–Trinajstić information content (AvgIpc) is 3.40. The first-order valence-electron chi connectivity index (χ1n) is 9.78. The molecule has 4 rings (SSSR count). The number of carbonyl (C=O) groups is 1.